The molecule has 2 amide bonds. The maximum absolute atomic E-state index is 12.8. The van der Waals surface area contributed by atoms with Crippen LogP contribution in [0.4, 0.5) is 10.5 Å². The highest BCUT2D eigenvalue weighted by atomic mass is 79.9. The van der Waals surface area contributed by atoms with Gasteiger partial charge in [0.25, 0.3) is 11.1 Å². The Balaban J connectivity index is 1.93. The van der Waals surface area contributed by atoms with Gasteiger partial charge in [-0.2, -0.15) is 0 Å². The van der Waals surface area contributed by atoms with Crippen molar-refractivity contribution in [2.24, 2.45) is 0 Å². The molecule has 3 rings (SSSR count). The average molecular weight is 497 g/mol. The van der Waals surface area contributed by atoms with Crippen molar-refractivity contribution < 1.29 is 19.1 Å². The number of ether oxygens (including phenoxy) is 2. The minimum atomic E-state index is -0.391. The quantitative estimate of drug-likeness (QED) is 0.426. The van der Waals surface area contributed by atoms with Crippen molar-refractivity contribution in [3.63, 3.8) is 0 Å². The van der Waals surface area contributed by atoms with Crippen LogP contribution in [-0.2, 0) is 4.79 Å². The van der Waals surface area contributed by atoms with Crippen molar-refractivity contribution in [2.75, 3.05) is 12.0 Å². The van der Waals surface area contributed by atoms with Crippen molar-refractivity contribution in [2.45, 2.75) is 26.4 Å². The van der Waals surface area contributed by atoms with Gasteiger partial charge in [-0.3, -0.25) is 9.59 Å². The molecule has 1 heterocycles. The van der Waals surface area contributed by atoms with E-state index in [-0.39, 0.29) is 11.3 Å². The second-order valence-corrected chi connectivity index (χ2v) is 8.65. The van der Waals surface area contributed by atoms with Gasteiger partial charge in [0.05, 0.1) is 28.3 Å². The zero-order chi connectivity index (χ0) is 21.1. The van der Waals surface area contributed by atoms with Gasteiger partial charge in [0.15, 0.2) is 11.5 Å². The van der Waals surface area contributed by atoms with Crippen LogP contribution < -0.4 is 14.4 Å². The maximum atomic E-state index is 12.8. The summed E-state index contributed by atoms with van der Waals surface area (Å²) < 4.78 is 12.1. The fourth-order valence-electron chi connectivity index (χ4n) is 2.68. The SMILES string of the molecule is CC[C@@H](C)Oc1c(Br)cc(/C=C2/SC(=O)N(c3cccc(Cl)c3)C2=O)cc1OC. The van der Waals surface area contributed by atoms with Gasteiger partial charge >= 0.3 is 0 Å². The Labute approximate surface area is 187 Å². The Hall–Kier alpha value is -1.96. The van der Waals surface area contributed by atoms with Crippen LogP contribution in [0.2, 0.25) is 5.02 Å². The van der Waals surface area contributed by atoms with Gasteiger partial charge in [0.2, 0.25) is 0 Å². The van der Waals surface area contributed by atoms with Crippen molar-refractivity contribution in [1.29, 1.82) is 0 Å². The molecule has 1 aliphatic heterocycles. The molecule has 29 heavy (non-hydrogen) atoms. The van der Waals surface area contributed by atoms with E-state index in [1.54, 1.807) is 43.5 Å². The number of thioether (sulfide) groups is 1. The maximum Gasteiger partial charge on any atom is 0.298 e. The molecule has 152 valence electrons. The number of hydrogen-bond donors (Lipinski definition) is 0. The van der Waals surface area contributed by atoms with E-state index < -0.39 is 5.91 Å². The van der Waals surface area contributed by atoms with Gasteiger partial charge in [-0.15, -0.1) is 0 Å². The van der Waals surface area contributed by atoms with Crippen LogP contribution in [0.3, 0.4) is 0 Å². The summed E-state index contributed by atoms with van der Waals surface area (Å²) in [4.78, 5) is 26.7. The molecule has 1 aliphatic rings. The van der Waals surface area contributed by atoms with Crippen molar-refractivity contribution >= 4 is 62.2 Å². The largest absolute Gasteiger partial charge is 0.493 e. The topological polar surface area (TPSA) is 55.8 Å². The average Bonchev–Trinajstić information content (AvgIpc) is 2.96. The highest BCUT2D eigenvalue weighted by molar-refractivity contribution is 9.10. The third kappa shape index (κ3) is 4.79. The molecule has 1 fully saturated rings. The molecule has 0 N–H and O–H groups in total. The Morgan fingerprint density at radius 2 is 2.03 bits per heavy atom. The first-order valence-corrected chi connectivity index (χ1v) is 10.9. The molecule has 0 aromatic heterocycles. The van der Waals surface area contributed by atoms with Crippen molar-refractivity contribution in [3.05, 3.63) is 56.4 Å². The fourth-order valence-corrected chi connectivity index (χ4v) is 4.26. The molecule has 0 aliphatic carbocycles. The van der Waals surface area contributed by atoms with Crippen LogP contribution in [-0.4, -0.2) is 24.4 Å². The van der Waals surface area contributed by atoms with Crippen LogP contribution in [0, 0.1) is 0 Å². The number of halogens is 2. The molecule has 0 spiro atoms. The smallest absolute Gasteiger partial charge is 0.298 e. The summed E-state index contributed by atoms with van der Waals surface area (Å²) in [6, 6.07) is 10.2. The van der Waals surface area contributed by atoms with Gasteiger partial charge in [0, 0.05) is 5.02 Å². The zero-order valence-electron chi connectivity index (χ0n) is 16.1. The number of anilines is 1. The summed E-state index contributed by atoms with van der Waals surface area (Å²) in [7, 11) is 1.56. The van der Waals surface area contributed by atoms with Crippen LogP contribution in [0.15, 0.2) is 45.8 Å². The Morgan fingerprint density at radius 3 is 2.69 bits per heavy atom. The van der Waals surface area contributed by atoms with Gasteiger partial charge < -0.3 is 9.47 Å². The number of methoxy groups -OCH3 is 1. The van der Waals surface area contributed by atoms with Gasteiger partial charge in [0.1, 0.15) is 0 Å². The number of hydrogen-bond acceptors (Lipinski definition) is 5. The first-order valence-electron chi connectivity index (χ1n) is 8.91. The summed E-state index contributed by atoms with van der Waals surface area (Å²) in [6.45, 7) is 4.01. The normalized spacial score (nSPS) is 16.4. The predicted octanol–water partition coefficient (Wildman–Crippen LogP) is 6.53. The highest BCUT2D eigenvalue weighted by Gasteiger charge is 2.36. The predicted molar refractivity (Wildman–Crippen MR) is 121 cm³/mol. The second-order valence-electron chi connectivity index (χ2n) is 6.37. The van der Waals surface area contributed by atoms with Crippen LogP contribution in [0.25, 0.3) is 6.08 Å². The van der Waals surface area contributed by atoms with Gasteiger partial charge in [-0.1, -0.05) is 24.6 Å². The van der Waals surface area contributed by atoms with E-state index in [4.69, 9.17) is 21.1 Å². The van der Waals surface area contributed by atoms with Crippen LogP contribution in [0.5, 0.6) is 11.5 Å². The molecule has 2 aromatic carbocycles. The lowest BCUT2D eigenvalue weighted by molar-refractivity contribution is -0.113. The first kappa shape index (κ1) is 21.7. The molecule has 1 atom stereocenters. The molecule has 1 saturated heterocycles. The van der Waals surface area contributed by atoms with E-state index in [1.165, 1.54) is 0 Å². The lowest BCUT2D eigenvalue weighted by Gasteiger charge is -2.17. The molecule has 5 nitrogen and oxygen atoms in total. The summed E-state index contributed by atoms with van der Waals surface area (Å²) in [5, 5.41) is 0.0855. The Kier molecular flexibility index (Phi) is 6.93. The van der Waals surface area contributed by atoms with E-state index in [2.05, 4.69) is 15.9 Å². The molecule has 0 saturated carbocycles. The monoisotopic (exact) mass is 495 g/mol. The minimum absolute atomic E-state index is 0.0280. The molecule has 0 bridgehead atoms. The molecular formula is C21H19BrClNO4S. The summed E-state index contributed by atoms with van der Waals surface area (Å²) in [6.07, 6.45) is 2.55. The second kappa shape index (κ2) is 9.24. The molecule has 0 radical (unpaired) electrons. The minimum Gasteiger partial charge on any atom is -0.493 e. The number of benzene rings is 2. The van der Waals surface area contributed by atoms with E-state index in [0.29, 0.717) is 37.2 Å². The third-order valence-electron chi connectivity index (χ3n) is 4.30. The summed E-state index contributed by atoms with van der Waals surface area (Å²) in [5.41, 5.74) is 1.15. The number of carbonyl (C=O) groups is 2. The van der Waals surface area contributed by atoms with E-state index in [9.17, 15) is 9.59 Å². The molecular weight excluding hydrogens is 478 g/mol. The van der Waals surface area contributed by atoms with Crippen LogP contribution >= 0.6 is 39.3 Å². The first-order chi connectivity index (χ1) is 13.8. The van der Waals surface area contributed by atoms with Crippen molar-refractivity contribution in [3.8, 4) is 11.5 Å². The Morgan fingerprint density at radius 1 is 1.28 bits per heavy atom. The number of amides is 2. The van der Waals surface area contributed by atoms with E-state index in [0.717, 1.165) is 23.1 Å². The van der Waals surface area contributed by atoms with Gasteiger partial charge in [-0.25, -0.2) is 4.90 Å². The lowest BCUT2D eigenvalue weighted by atomic mass is 10.1. The fraction of sp³-hybridized carbons (Fsp3) is 0.238. The summed E-state index contributed by atoms with van der Waals surface area (Å²) >= 11 is 10.4. The number of imide groups is 1. The lowest BCUT2D eigenvalue weighted by Crippen LogP contribution is -2.27. The number of rotatable bonds is 6. The standard InChI is InChI=1S/C21H19BrClNO4S/c1-4-12(2)28-19-16(22)8-13(9-17(19)27-3)10-18-20(25)24(21(26)29-18)15-7-5-6-14(23)11-15/h5-12H,4H2,1-3H3/b18-10+/t12-/m1/s1. The molecule has 0 unspecified atom stereocenters. The van der Waals surface area contributed by atoms with E-state index in [1.807, 2.05) is 19.9 Å². The number of nitrogens with zero attached hydrogens (tertiary/aromatic N) is 1. The zero-order valence-corrected chi connectivity index (χ0v) is 19.2. The van der Waals surface area contributed by atoms with Crippen molar-refractivity contribution in [1.82, 2.24) is 0 Å². The van der Waals surface area contributed by atoms with Gasteiger partial charge in [-0.05, 0) is 83.0 Å². The number of carbonyl (C=O) groups excluding carboxylic acids is 2. The molecule has 8 heteroatoms. The van der Waals surface area contributed by atoms with E-state index >= 15 is 0 Å². The highest BCUT2D eigenvalue weighted by Crippen LogP contribution is 2.40. The van der Waals surface area contributed by atoms with Crippen LogP contribution in [0.1, 0.15) is 25.8 Å². The summed E-state index contributed by atoms with van der Waals surface area (Å²) in [5.74, 6) is 0.753. The third-order valence-corrected chi connectivity index (χ3v) is 6.00. The Bertz CT molecular complexity index is 995. The molecule has 2 aromatic rings.